The van der Waals surface area contributed by atoms with Crippen molar-refractivity contribution in [3.05, 3.63) is 166 Å². The number of aryl methyl sites for hydroxylation is 1. The van der Waals surface area contributed by atoms with Gasteiger partial charge in [0.05, 0.1) is 33.5 Å². The quantitative estimate of drug-likeness (QED) is 0.165. The van der Waals surface area contributed by atoms with Crippen LogP contribution in [0.2, 0.25) is 0 Å². The average molecular weight is 932 g/mol. The molecule has 8 aromatic rings. The normalized spacial score (nSPS) is 17.6. The lowest BCUT2D eigenvalue weighted by atomic mass is 9.79. The summed E-state index contributed by atoms with van der Waals surface area (Å²) in [6, 6.07) is 24.9. The van der Waals surface area contributed by atoms with Gasteiger partial charge in [0, 0.05) is 42.1 Å². The van der Waals surface area contributed by atoms with Crippen molar-refractivity contribution in [2.45, 2.75) is 151 Å². The molecule has 1 N–H and O–H groups in total. The minimum absolute atomic E-state index is 0.0267. The van der Waals surface area contributed by atoms with Crippen LogP contribution >= 0.6 is 0 Å². The molecule has 0 aliphatic heterocycles. The number of phenolic OH excluding ortho intramolecular Hbond substituents is 1. The third-order valence-electron chi connectivity index (χ3n) is 12.8. The molecule has 69 heavy (non-hydrogen) atoms. The number of hydrogen-bond donors (Lipinski definition) is 1. The third-order valence-corrected chi connectivity index (χ3v) is 12.8. The largest absolute Gasteiger partial charge is 0.507 e. The molecule has 0 atom stereocenters. The Kier molecular flexibility index (Phi) is 8.07. The summed E-state index contributed by atoms with van der Waals surface area (Å²) in [6.45, 7) is 11.1. The Morgan fingerprint density at radius 3 is 1.81 bits per heavy atom. The Morgan fingerprint density at radius 1 is 0.565 bits per heavy atom. The van der Waals surface area contributed by atoms with Crippen molar-refractivity contribution in [3.63, 3.8) is 0 Å². The number of aromatic hydroxyl groups is 1. The molecule has 0 fully saturated rings. The highest BCUT2D eigenvalue weighted by Crippen LogP contribution is 2.46. The van der Waals surface area contributed by atoms with E-state index in [4.69, 9.17) is 27.8 Å². The molecular weight excluding hydrogens is 839 g/mol. The highest BCUT2D eigenvalue weighted by atomic mass is 16.3. The van der Waals surface area contributed by atoms with E-state index in [9.17, 15) is 12.0 Å². The summed E-state index contributed by atoms with van der Waals surface area (Å²) >= 11 is 0. The summed E-state index contributed by atoms with van der Waals surface area (Å²) in [6.07, 6.45) is 1.39. The van der Waals surface area contributed by atoms with Gasteiger partial charge >= 0.3 is 0 Å². The standard InChI is InChI=1S/C65H75N3O/c1-39(2)45-30-46(40(3)4)32-47(31-45)43-23-26-57(41(5)29-43)68-58-20-18-19-53(59(58)67-61(68)54-37-52(64(12,13)14)38-55(60(54)69)65(15,16)17)48-33-49(35-51(34-48)63(9,10)11)56-36-44(27-28-66-56)42-21-24-50(25-22-42)62(6,7)8/h18-40,69H,1-17H3/i5D3,6D3,7D3,8D3,21D,22D,24D,25D,39D,40D. The smallest absolute Gasteiger partial charge is 0.149 e. The summed E-state index contributed by atoms with van der Waals surface area (Å²) in [7, 11) is 0. The fourth-order valence-electron chi connectivity index (χ4n) is 8.60. The molecule has 4 heteroatoms. The monoisotopic (exact) mass is 932 g/mol. The van der Waals surface area contributed by atoms with Crippen LogP contribution < -0.4 is 0 Å². The summed E-state index contributed by atoms with van der Waals surface area (Å²) < 4.78 is 158. The van der Waals surface area contributed by atoms with Gasteiger partial charge in [-0.2, -0.15) is 0 Å². The van der Waals surface area contributed by atoms with Gasteiger partial charge in [0.1, 0.15) is 11.6 Å². The molecule has 0 aliphatic carbocycles. The van der Waals surface area contributed by atoms with Gasteiger partial charge in [-0.15, -0.1) is 0 Å². The van der Waals surface area contributed by atoms with E-state index in [1.807, 2.05) is 114 Å². The van der Waals surface area contributed by atoms with Crippen LogP contribution in [0.25, 0.3) is 72.7 Å². The Morgan fingerprint density at radius 2 is 1.20 bits per heavy atom. The molecule has 2 aromatic heterocycles. The number of imidazole rings is 1. The first kappa shape index (κ1) is 31.1. The first-order chi connectivity index (χ1) is 39.4. The topological polar surface area (TPSA) is 50.9 Å². The van der Waals surface area contributed by atoms with E-state index in [0.717, 1.165) is 11.1 Å². The molecule has 0 saturated heterocycles. The van der Waals surface area contributed by atoms with Crippen LogP contribution in [0.15, 0.2) is 127 Å². The zero-order chi connectivity index (χ0) is 65.4. The van der Waals surface area contributed by atoms with Crippen LogP contribution in [0, 0.1) is 6.85 Å². The van der Waals surface area contributed by atoms with E-state index in [-0.39, 0.29) is 39.6 Å². The number of fused-ring (bicyclic) bond motifs is 1. The lowest BCUT2D eigenvalue weighted by molar-refractivity contribution is 0.446. The number of pyridine rings is 1. The average Bonchev–Trinajstić information content (AvgIpc) is 1.02. The van der Waals surface area contributed by atoms with Crippen LogP contribution in [0.4, 0.5) is 0 Å². The molecule has 0 unspecified atom stereocenters. The Balaban J connectivity index is 1.43. The van der Waals surface area contributed by atoms with Gasteiger partial charge in [-0.05, 0) is 150 Å². The Hall–Kier alpha value is -6.26. The molecule has 6 aromatic carbocycles. The number of aromatic nitrogens is 3. The zero-order valence-electron chi connectivity index (χ0n) is 60.1. The first-order valence-corrected chi connectivity index (χ1v) is 23.4. The molecular formula is C65H75N3O. The molecule has 356 valence electrons. The van der Waals surface area contributed by atoms with Crippen LogP contribution in [0.3, 0.4) is 0 Å². The first-order valence-electron chi connectivity index (χ1n) is 32.4. The van der Waals surface area contributed by atoms with Crippen molar-refractivity contribution in [3.8, 4) is 67.5 Å². The molecule has 0 aliphatic rings. The van der Waals surface area contributed by atoms with Crippen molar-refractivity contribution in [2.24, 2.45) is 0 Å². The fourth-order valence-corrected chi connectivity index (χ4v) is 8.60. The molecule has 0 spiro atoms. The van der Waals surface area contributed by atoms with Gasteiger partial charge in [-0.25, -0.2) is 4.98 Å². The van der Waals surface area contributed by atoms with E-state index in [2.05, 4.69) is 20.8 Å². The maximum atomic E-state index is 12.6. The van der Waals surface area contributed by atoms with E-state index >= 15 is 0 Å². The summed E-state index contributed by atoms with van der Waals surface area (Å²) in [5.74, 6) is -1.87. The number of hydrogen-bond acceptors (Lipinski definition) is 3. The molecule has 0 bridgehead atoms. The molecule has 0 amide bonds. The van der Waals surface area contributed by atoms with Crippen molar-refractivity contribution in [1.29, 1.82) is 0 Å². The number of rotatable bonds is 8. The van der Waals surface area contributed by atoms with Gasteiger partial charge in [-0.3, -0.25) is 9.55 Å². The summed E-state index contributed by atoms with van der Waals surface area (Å²) in [5, 5.41) is 12.6. The summed E-state index contributed by atoms with van der Waals surface area (Å²) in [4.78, 5) is 10.2. The molecule has 8 rings (SSSR count). The minimum Gasteiger partial charge on any atom is -0.507 e. The van der Waals surface area contributed by atoms with Crippen molar-refractivity contribution in [2.75, 3.05) is 0 Å². The van der Waals surface area contributed by atoms with Crippen LogP contribution in [-0.2, 0) is 21.7 Å². The van der Waals surface area contributed by atoms with Crippen LogP contribution in [-0.4, -0.2) is 19.6 Å². The molecule has 2 heterocycles. The predicted octanol–water partition coefficient (Wildman–Crippen LogP) is 18.2. The van der Waals surface area contributed by atoms with Gasteiger partial charge < -0.3 is 5.11 Å². The lowest BCUT2D eigenvalue weighted by Crippen LogP contribution is -2.17. The van der Waals surface area contributed by atoms with Crippen molar-refractivity contribution in [1.82, 2.24) is 14.5 Å². The fraction of sp³-hybridized carbons (Fsp3) is 0.354. The molecule has 4 nitrogen and oxygen atoms in total. The van der Waals surface area contributed by atoms with Gasteiger partial charge in [0.2, 0.25) is 0 Å². The second-order valence-electron chi connectivity index (χ2n) is 21.9. The third kappa shape index (κ3) is 9.96. The second-order valence-corrected chi connectivity index (χ2v) is 21.9. The van der Waals surface area contributed by atoms with Crippen LogP contribution in [0.5, 0.6) is 5.75 Å². The second kappa shape index (κ2) is 17.9. The van der Waals surface area contributed by atoms with Crippen LogP contribution in [0.1, 0.15) is 186 Å². The van der Waals surface area contributed by atoms with Gasteiger partial charge in [0.25, 0.3) is 0 Å². The maximum Gasteiger partial charge on any atom is 0.149 e. The number of para-hydroxylation sites is 1. The highest BCUT2D eigenvalue weighted by molar-refractivity contribution is 5.97. The summed E-state index contributed by atoms with van der Waals surface area (Å²) in [5.41, 5.74) is 1.58. The van der Waals surface area contributed by atoms with Gasteiger partial charge in [0.15, 0.2) is 0 Å². The van der Waals surface area contributed by atoms with Gasteiger partial charge in [-0.1, -0.05) is 183 Å². The maximum absolute atomic E-state index is 12.6. The van der Waals surface area contributed by atoms with Crippen molar-refractivity contribution >= 4 is 11.0 Å². The molecule has 0 saturated carbocycles. The van der Waals surface area contributed by atoms with E-state index in [0.29, 0.717) is 61.1 Å². The highest BCUT2D eigenvalue weighted by Gasteiger charge is 2.29. The Bertz CT molecular complexity index is 3920. The molecule has 0 radical (unpaired) electrons. The number of phenols is 1. The van der Waals surface area contributed by atoms with E-state index in [1.165, 1.54) is 18.3 Å². The van der Waals surface area contributed by atoms with Crippen molar-refractivity contribution < 1.29 is 29.8 Å². The minimum atomic E-state index is -3.85. The zero-order valence-corrected chi connectivity index (χ0v) is 42.1. The Labute approximate surface area is 439 Å². The number of nitrogens with zero attached hydrogens (tertiary/aromatic N) is 3. The predicted molar refractivity (Wildman–Crippen MR) is 295 cm³/mol. The number of benzene rings is 6. The van der Waals surface area contributed by atoms with E-state index < -0.39 is 90.6 Å². The SMILES string of the molecule is [2H]c1c([2H])c(C(C([2H])([2H])[2H])(C([2H])([2H])[2H])C([2H])([2H])[2H])c([2H])c([2H])c1-c1ccnc(-c2cc(-c3cccc4c3nc(-c3cc(C(C)(C)C)cc(C(C)(C)C)c3O)n4-c3ccc(-c4cc(C([2H])(C)C)cc(C([2H])(C)C)c4)cc3C([2H])([2H])[2H])cc(C(C)(C)C)c2)c1. The lowest BCUT2D eigenvalue weighted by Gasteiger charge is -2.27. The van der Waals surface area contributed by atoms with E-state index in [1.54, 1.807) is 44.4 Å².